The fraction of sp³-hybridized carbons (Fsp3) is 0.423. The van der Waals surface area contributed by atoms with Crippen LogP contribution in [0.5, 0.6) is 0 Å². The molecular weight excluding hydrogens is 436 g/mol. The third-order valence-corrected chi connectivity index (χ3v) is 6.73. The lowest BCUT2D eigenvalue weighted by molar-refractivity contribution is -0.157. The molecule has 2 aliphatic rings. The minimum atomic E-state index is -1.85. The Morgan fingerprint density at radius 2 is 1.74 bits per heavy atom. The Kier molecular flexibility index (Phi) is 6.88. The molecule has 0 radical (unpaired) electrons. The Morgan fingerprint density at radius 3 is 2.32 bits per heavy atom. The molecule has 2 atom stereocenters. The van der Waals surface area contributed by atoms with Gasteiger partial charge in [-0.15, -0.1) is 0 Å². The lowest BCUT2D eigenvalue weighted by Gasteiger charge is -2.20. The number of fused-ring (bicyclic) bond motifs is 3. The Balaban J connectivity index is 1.21. The number of aliphatic hydroxyl groups is 1. The molecule has 1 aliphatic heterocycles. The summed E-state index contributed by atoms with van der Waals surface area (Å²) < 4.78 is 5.56. The summed E-state index contributed by atoms with van der Waals surface area (Å²) in [5, 5.41) is 21.9. The third-order valence-electron chi connectivity index (χ3n) is 6.73. The van der Waals surface area contributed by atoms with E-state index in [0.29, 0.717) is 12.8 Å². The number of nitrogens with zero attached hydrogens (tertiary/aromatic N) is 1. The maximum Gasteiger partial charge on any atom is 0.407 e. The SMILES string of the molecule is CC(CCCC(=O)N1CCC(O)(C(=O)O)C1)NC(=O)OCC1c2ccccc2-c2ccccc21. The van der Waals surface area contributed by atoms with E-state index in [-0.39, 0.29) is 50.4 Å². The van der Waals surface area contributed by atoms with Crippen molar-refractivity contribution in [3.05, 3.63) is 59.7 Å². The number of β-amino-alcohol motifs (C(OH)–C–C–N with tert-alkyl or cyclic N) is 1. The summed E-state index contributed by atoms with van der Waals surface area (Å²) in [5.74, 6) is -1.50. The topological polar surface area (TPSA) is 116 Å². The van der Waals surface area contributed by atoms with E-state index < -0.39 is 17.7 Å². The summed E-state index contributed by atoms with van der Waals surface area (Å²) in [5.41, 5.74) is 2.80. The molecule has 34 heavy (non-hydrogen) atoms. The number of alkyl carbamates (subject to hydrolysis) is 1. The maximum atomic E-state index is 12.4. The predicted molar refractivity (Wildman–Crippen MR) is 125 cm³/mol. The number of ether oxygens (including phenoxy) is 1. The highest BCUT2D eigenvalue weighted by Gasteiger charge is 2.44. The molecule has 0 bridgehead atoms. The van der Waals surface area contributed by atoms with Gasteiger partial charge in [-0.3, -0.25) is 4.79 Å². The zero-order chi connectivity index (χ0) is 24.3. The average Bonchev–Trinajstić information content (AvgIpc) is 3.37. The van der Waals surface area contributed by atoms with Crippen molar-refractivity contribution in [1.29, 1.82) is 0 Å². The van der Waals surface area contributed by atoms with Crippen LogP contribution >= 0.6 is 0 Å². The van der Waals surface area contributed by atoms with Crippen LogP contribution < -0.4 is 5.32 Å². The lowest BCUT2D eigenvalue weighted by Crippen LogP contribution is -2.42. The highest BCUT2D eigenvalue weighted by Crippen LogP contribution is 2.44. The number of nitrogens with one attached hydrogen (secondary N) is 1. The number of rotatable bonds is 8. The second-order valence-corrected chi connectivity index (χ2v) is 9.17. The van der Waals surface area contributed by atoms with Crippen molar-refractivity contribution >= 4 is 18.0 Å². The molecule has 0 spiro atoms. The summed E-state index contributed by atoms with van der Waals surface area (Å²) in [7, 11) is 0. The molecular formula is C26H30N2O6. The molecule has 1 saturated heterocycles. The van der Waals surface area contributed by atoms with E-state index in [4.69, 9.17) is 9.84 Å². The van der Waals surface area contributed by atoms with Crippen LogP contribution in [0.2, 0.25) is 0 Å². The lowest BCUT2D eigenvalue weighted by atomic mass is 9.98. The van der Waals surface area contributed by atoms with Crippen LogP contribution in [0.15, 0.2) is 48.5 Å². The maximum absolute atomic E-state index is 12.4. The average molecular weight is 467 g/mol. The Hall–Kier alpha value is -3.39. The van der Waals surface area contributed by atoms with Crippen LogP contribution in [0.25, 0.3) is 11.1 Å². The summed E-state index contributed by atoms with van der Waals surface area (Å²) in [6.07, 6.45) is 0.880. The Morgan fingerprint density at radius 1 is 1.12 bits per heavy atom. The minimum Gasteiger partial charge on any atom is -0.479 e. The summed E-state index contributed by atoms with van der Waals surface area (Å²) in [6, 6.07) is 16.1. The van der Waals surface area contributed by atoms with E-state index in [1.165, 1.54) is 16.0 Å². The first-order chi connectivity index (χ1) is 16.3. The van der Waals surface area contributed by atoms with Crippen LogP contribution in [0, 0.1) is 0 Å². The van der Waals surface area contributed by atoms with Crippen molar-refractivity contribution in [3.63, 3.8) is 0 Å². The second-order valence-electron chi connectivity index (χ2n) is 9.17. The van der Waals surface area contributed by atoms with Gasteiger partial charge in [-0.25, -0.2) is 9.59 Å². The van der Waals surface area contributed by atoms with Gasteiger partial charge in [-0.1, -0.05) is 48.5 Å². The van der Waals surface area contributed by atoms with E-state index in [2.05, 4.69) is 29.6 Å². The van der Waals surface area contributed by atoms with Gasteiger partial charge in [0, 0.05) is 31.3 Å². The number of benzene rings is 2. The third kappa shape index (κ3) is 4.92. The fourth-order valence-electron chi connectivity index (χ4n) is 4.81. The number of amides is 2. The molecule has 1 heterocycles. The fourth-order valence-corrected chi connectivity index (χ4v) is 4.81. The van der Waals surface area contributed by atoms with Crippen molar-refractivity contribution in [1.82, 2.24) is 10.2 Å². The van der Waals surface area contributed by atoms with Crippen molar-refractivity contribution in [2.24, 2.45) is 0 Å². The van der Waals surface area contributed by atoms with Crippen LogP contribution in [0.4, 0.5) is 4.79 Å². The van der Waals surface area contributed by atoms with E-state index in [1.54, 1.807) is 0 Å². The quantitative estimate of drug-likeness (QED) is 0.550. The standard InChI is InChI=1S/C26H30N2O6/c1-17(7-6-12-23(29)28-14-13-26(33,16-28)24(30)31)27-25(32)34-15-22-20-10-4-2-8-18(20)19-9-3-5-11-21(19)22/h2-5,8-11,17,22,33H,6-7,12-16H2,1H3,(H,27,32)(H,30,31). The molecule has 8 heteroatoms. The molecule has 2 aromatic carbocycles. The van der Waals surface area contributed by atoms with Crippen molar-refractivity contribution in [2.75, 3.05) is 19.7 Å². The summed E-state index contributed by atoms with van der Waals surface area (Å²) in [6.45, 7) is 2.14. The van der Waals surface area contributed by atoms with E-state index in [0.717, 1.165) is 11.1 Å². The number of carbonyl (C=O) groups is 3. The first-order valence-corrected chi connectivity index (χ1v) is 11.6. The number of carbonyl (C=O) groups excluding carboxylic acids is 2. The van der Waals surface area contributed by atoms with Gasteiger partial charge in [-0.2, -0.15) is 0 Å². The van der Waals surface area contributed by atoms with Gasteiger partial charge in [0.25, 0.3) is 0 Å². The van der Waals surface area contributed by atoms with Crippen molar-refractivity contribution in [2.45, 2.75) is 50.2 Å². The van der Waals surface area contributed by atoms with Crippen LogP contribution in [-0.4, -0.2) is 64.4 Å². The first kappa shape index (κ1) is 23.8. The molecule has 2 aromatic rings. The van der Waals surface area contributed by atoms with Crippen LogP contribution in [-0.2, 0) is 14.3 Å². The van der Waals surface area contributed by atoms with Gasteiger partial charge < -0.3 is 25.2 Å². The van der Waals surface area contributed by atoms with Gasteiger partial charge in [0.05, 0.1) is 6.54 Å². The Labute approximate surface area is 198 Å². The molecule has 2 amide bonds. The van der Waals surface area contributed by atoms with Gasteiger partial charge >= 0.3 is 12.1 Å². The van der Waals surface area contributed by atoms with E-state index in [9.17, 15) is 19.5 Å². The highest BCUT2D eigenvalue weighted by atomic mass is 16.5. The van der Waals surface area contributed by atoms with Crippen molar-refractivity contribution in [3.8, 4) is 11.1 Å². The molecule has 0 aromatic heterocycles. The normalized spacial score (nSPS) is 19.9. The van der Waals surface area contributed by atoms with E-state index >= 15 is 0 Å². The van der Waals surface area contributed by atoms with Crippen LogP contribution in [0.3, 0.4) is 0 Å². The molecule has 8 nitrogen and oxygen atoms in total. The van der Waals surface area contributed by atoms with Crippen molar-refractivity contribution < 1.29 is 29.3 Å². The number of hydrogen-bond acceptors (Lipinski definition) is 5. The predicted octanol–water partition coefficient (Wildman–Crippen LogP) is 3.13. The van der Waals surface area contributed by atoms with Gasteiger partial charge in [0.2, 0.25) is 5.91 Å². The molecule has 0 saturated carbocycles. The number of hydrogen-bond donors (Lipinski definition) is 3. The summed E-state index contributed by atoms with van der Waals surface area (Å²) in [4.78, 5) is 37.2. The number of carboxylic acids is 1. The number of aliphatic carboxylic acids is 1. The van der Waals surface area contributed by atoms with Gasteiger partial charge in [-0.05, 0) is 42.0 Å². The minimum absolute atomic E-state index is 0.00372. The molecule has 180 valence electrons. The molecule has 1 aliphatic carbocycles. The second kappa shape index (κ2) is 9.85. The Bertz CT molecular complexity index is 1040. The first-order valence-electron chi connectivity index (χ1n) is 11.6. The van der Waals surface area contributed by atoms with Gasteiger partial charge in [0.1, 0.15) is 6.61 Å². The summed E-state index contributed by atoms with van der Waals surface area (Å²) >= 11 is 0. The largest absolute Gasteiger partial charge is 0.479 e. The zero-order valence-corrected chi connectivity index (χ0v) is 19.2. The highest BCUT2D eigenvalue weighted by molar-refractivity contribution is 5.82. The zero-order valence-electron chi connectivity index (χ0n) is 19.2. The monoisotopic (exact) mass is 466 g/mol. The number of likely N-dealkylation sites (tertiary alicyclic amines) is 1. The molecule has 3 N–H and O–H groups in total. The smallest absolute Gasteiger partial charge is 0.407 e. The molecule has 1 fully saturated rings. The van der Waals surface area contributed by atoms with Gasteiger partial charge in [0.15, 0.2) is 5.60 Å². The van der Waals surface area contributed by atoms with Crippen LogP contribution in [0.1, 0.15) is 49.7 Å². The van der Waals surface area contributed by atoms with E-state index in [1.807, 2.05) is 31.2 Å². The molecule has 2 unspecified atom stereocenters. The molecule has 4 rings (SSSR count). The number of carboxylic acid groups (broad SMARTS) is 1.